The van der Waals surface area contributed by atoms with Crippen LogP contribution < -0.4 is 5.32 Å². The summed E-state index contributed by atoms with van der Waals surface area (Å²) < 4.78 is 0. The van der Waals surface area contributed by atoms with E-state index in [1.807, 2.05) is 6.20 Å². The number of nitrogens with one attached hydrogen (secondary N) is 2. The summed E-state index contributed by atoms with van der Waals surface area (Å²) >= 11 is 0. The molecule has 4 heteroatoms. The first-order valence-electron chi connectivity index (χ1n) is 6.15. The van der Waals surface area contributed by atoms with E-state index >= 15 is 0 Å². The number of aromatic amines is 1. The van der Waals surface area contributed by atoms with E-state index in [1.165, 1.54) is 5.56 Å². The lowest BCUT2D eigenvalue weighted by molar-refractivity contribution is 0.191. The number of rotatable bonds is 5. The third-order valence-electron chi connectivity index (χ3n) is 2.81. The van der Waals surface area contributed by atoms with Gasteiger partial charge in [-0.15, -0.1) is 0 Å². The number of H-pyrrole nitrogens is 1. The molecule has 0 aliphatic carbocycles. The van der Waals surface area contributed by atoms with Gasteiger partial charge in [0.25, 0.3) is 0 Å². The minimum absolute atomic E-state index is 0.334. The Morgan fingerprint density at radius 3 is 2.72 bits per heavy atom. The van der Waals surface area contributed by atoms with Crippen LogP contribution in [0.1, 0.15) is 18.1 Å². The lowest BCUT2D eigenvalue weighted by atomic mass is 10.1. The number of aliphatic hydroxyl groups excluding tert-OH is 1. The Balaban J connectivity index is 2.10. The van der Waals surface area contributed by atoms with Crippen LogP contribution in [0.3, 0.4) is 0 Å². The molecule has 1 heterocycles. The number of hydrogen-bond donors (Lipinski definition) is 3. The molecule has 0 amide bonds. The highest BCUT2D eigenvalue weighted by Gasteiger charge is 2.07. The number of nitrogens with zero attached hydrogens (tertiary/aromatic N) is 1. The zero-order valence-corrected chi connectivity index (χ0v) is 10.8. The number of aromatic nitrogens is 2. The molecule has 1 aromatic heterocycles. The molecule has 1 atom stereocenters. The largest absolute Gasteiger partial charge is 0.392 e. The van der Waals surface area contributed by atoms with Crippen LogP contribution in [0, 0.1) is 6.92 Å². The maximum atomic E-state index is 9.21. The van der Waals surface area contributed by atoms with Crippen LogP contribution in [-0.4, -0.2) is 28.0 Å². The fourth-order valence-electron chi connectivity index (χ4n) is 1.83. The molecule has 0 saturated heterocycles. The summed E-state index contributed by atoms with van der Waals surface area (Å²) in [7, 11) is 0. The number of benzene rings is 1. The summed E-state index contributed by atoms with van der Waals surface area (Å²) in [6.07, 6.45) is 1.49. The smallest absolute Gasteiger partial charge is 0.0695 e. The first kappa shape index (κ1) is 12.8. The van der Waals surface area contributed by atoms with E-state index in [-0.39, 0.29) is 6.10 Å². The molecule has 1 aromatic carbocycles. The van der Waals surface area contributed by atoms with Gasteiger partial charge >= 0.3 is 0 Å². The molecule has 0 bridgehead atoms. The first-order chi connectivity index (χ1) is 8.66. The zero-order chi connectivity index (χ0) is 13.0. The molecular weight excluding hydrogens is 226 g/mol. The van der Waals surface area contributed by atoms with Gasteiger partial charge in [-0.1, -0.05) is 29.8 Å². The van der Waals surface area contributed by atoms with Crippen molar-refractivity contribution in [2.45, 2.75) is 26.5 Å². The van der Waals surface area contributed by atoms with E-state index in [2.05, 4.69) is 46.7 Å². The highest BCUT2D eigenvalue weighted by molar-refractivity contribution is 5.62. The van der Waals surface area contributed by atoms with Crippen molar-refractivity contribution in [2.75, 3.05) is 6.54 Å². The minimum atomic E-state index is -0.334. The lowest BCUT2D eigenvalue weighted by Crippen LogP contribution is -2.23. The fourth-order valence-corrected chi connectivity index (χ4v) is 1.83. The zero-order valence-electron chi connectivity index (χ0n) is 10.8. The second-order valence-electron chi connectivity index (χ2n) is 4.62. The molecule has 0 fully saturated rings. The normalized spacial score (nSPS) is 12.6. The van der Waals surface area contributed by atoms with E-state index in [0.29, 0.717) is 13.1 Å². The van der Waals surface area contributed by atoms with E-state index in [9.17, 15) is 5.11 Å². The van der Waals surface area contributed by atoms with Crippen molar-refractivity contribution in [1.82, 2.24) is 15.5 Å². The molecule has 0 aliphatic heterocycles. The van der Waals surface area contributed by atoms with Crippen LogP contribution in [-0.2, 0) is 6.54 Å². The fraction of sp³-hybridized carbons (Fsp3) is 0.357. The Hall–Kier alpha value is -1.65. The standard InChI is InChI=1S/C14H19N3O/c1-10-3-5-12(6-4-10)14-13(9-16-17-14)8-15-7-11(2)18/h3-6,9,11,15,18H,7-8H2,1-2H3,(H,16,17). The van der Waals surface area contributed by atoms with Crippen molar-refractivity contribution in [3.63, 3.8) is 0 Å². The van der Waals surface area contributed by atoms with Gasteiger partial charge < -0.3 is 10.4 Å². The number of aliphatic hydroxyl groups is 1. The SMILES string of the molecule is Cc1ccc(-c2[nH]ncc2CNCC(C)O)cc1. The van der Waals surface area contributed by atoms with E-state index in [0.717, 1.165) is 16.8 Å². The van der Waals surface area contributed by atoms with Crippen molar-refractivity contribution >= 4 is 0 Å². The van der Waals surface area contributed by atoms with Gasteiger partial charge in [0.1, 0.15) is 0 Å². The Bertz CT molecular complexity index is 488. The van der Waals surface area contributed by atoms with Gasteiger partial charge in [0.2, 0.25) is 0 Å². The third kappa shape index (κ3) is 3.18. The van der Waals surface area contributed by atoms with Gasteiger partial charge in [-0.25, -0.2) is 0 Å². The third-order valence-corrected chi connectivity index (χ3v) is 2.81. The van der Waals surface area contributed by atoms with Gasteiger partial charge in [-0.3, -0.25) is 5.10 Å². The average Bonchev–Trinajstić information content (AvgIpc) is 2.78. The highest BCUT2D eigenvalue weighted by atomic mass is 16.3. The van der Waals surface area contributed by atoms with Crippen molar-refractivity contribution < 1.29 is 5.11 Å². The molecule has 4 nitrogen and oxygen atoms in total. The van der Waals surface area contributed by atoms with Crippen molar-refractivity contribution in [3.8, 4) is 11.3 Å². The van der Waals surface area contributed by atoms with Gasteiger partial charge in [-0.05, 0) is 19.4 Å². The monoisotopic (exact) mass is 245 g/mol. The summed E-state index contributed by atoms with van der Waals surface area (Å²) in [5, 5.41) is 19.5. The van der Waals surface area contributed by atoms with Crippen LogP contribution >= 0.6 is 0 Å². The Kier molecular flexibility index (Phi) is 4.12. The van der Waals surface area contributed by atoms with Gasteiger partial charge in [0, 0.05) is 18.7 Å². The summed E-state index contributed by atoms with van der Waals surface area (Å²) in [5.74, 6) is 0. The Morgan fingerprint density at radius 2 is 2.06 bits per heavy atom. The molecule has 2 rings (SSSR count). The van der Waals surface area contributed by atoms with E-state index in [4.69, 9.17) is 0 Å². The summed E-state index contributed by atoms with van der Waals surface area (Å²) in [6.45, 7) is 5.12. The van der Waals surface area contributed by atoms with Crippen LogP contribution in [0.5, 0.6) is 0 Å². The molecule has 18 heavy (non-hydrogen) atoms. The van der Waals surface area contributed by atoms with Gasteiger partial charge in [0.05, 0.1) is 18.0 Å². The molecule has 0 saturated carbocycles. The topological polar surface area (TPSA) is 60.9 Å². The predicted octanol–water partition coefficient (Wildman–Crippen LogP) is 1.86. The summed E-state index contributed by atoms with van der Waals surface area (Å²) in [5.41, 5.74) is 4.52. The molecule has 2 aromatic rings. The van der Waals surface area contributed by atoms with Crippen molar-refractivity contribution in [2.24, 2.45) is 0 Å². The highest BCUT2D eigenvalue weighted by Crippen LogP contribution is 2.21. The van der Waals surface area contributed by atoms with Crippen LogP contribution in [0.4, 0.5) is 0 Å². The molecule has 96 valence electrons. The Labute approximate surface area is 107 Å². The Morgan fingerprint density at radius 1 is 1.33 bits per heavy atom. The van der Waals surface area contributed by atoms with Crippen LogP contribution in [0.15, 0.2) is 30.5 Å². The maximum absolute atomic E-state index is 9.21. The molecule has 3 N–H and O–H groups in total. The summed E-state index contributed by atoms with van der Waals surface area (Å²) in [6, 6.07) is 8.34. The molecule has 0 aliphatic rings. The van der Waals surface area contributed by atoms with E-state index in [1.54, 1.807) is 6.92 Å². The predicted molar refractivity (Wildman–Crippen MR) is 72.1 cm³/mol. The number of aryl methyl sites for hydroxylation is 1. The summed E-state index contributed by atoms with van der Waals surface area (Å²) in [4.78, 5) is 0. The average molecular weight is 245 g/mol. The lowest BCUT2D eigenvalue weighted by Gasteiger charge is -2.07. The van der Waals surface area contributed by atoms with Crippen LogP contribution in [0.25, 0.3) is 11.3 Å². The molecular formula is C14H19N3O. The van der Waals surface area contributed by atoms with Gasteiger partial charge in [0.15, 0.2) is 0 Å². The molecule has 0 spiro atoms. The number of hydrogen-bond acceptors (Lipinski definition) is 3. The molecule has 1 unspecified atom stereocenters. The minimum Gasteiger partial charge on any atom is -0.392 e. The second kappa shape index (κ2) is 5.80. The van der Waals surface area contributed by atoms with Gasteiger partial charge in [-0.2, -0.15) is 5.10 Å². The quantitative estimate of drug-likeness (QED) is 0.753. The first-order valence-corrected chi connectivity index (χ1v) is 6.15. The second-order valence-corrected chi connectivity index (χ2v) is 4.62. The van der Waals surface area contributed by atoms with Crippen molar-refractivity contribution in [1.29, 1.82) is 0 Å². The maximum Gasteiger partial charge on any atom is 0.0695 e. The molecule has 0 radical (unpaired) electrons. The van der Waals surface area contributed by atoms with E-state index < -0.39 is 0 Å². The van der Waals surface area contributed by atoms with Crippen molar-refractivity contribution in [3.05, 3.63) is 41.6 Å². The van der Waals surface area contributed by atoms with Crippen LogP contribution in [0.2, 0.25) is 0 Å².